The molecule has 8 nitrogen and oxygen atoms in total. The predicted molar refractivity (Wildman–Crippen MR) is 135 cm³/mol. The van der Waals surface area contributed by atoms with Crippen LogP contribution in [0.2, 0.25) is 0 Å². The Labute approximate surface area is 206 Å². The maximum Gasteiger partial charge on any atom is 0.261 e. The highest BCUT2D eigenvalue weighted by Crippen LogP contribution is 2.30. The standard InChI is InChI=1S/C26H30N2O6S/c1-5-33-22-12-10-21(11-13-22)28-35(30,31)23-14-7-19(8-15-23)26(29)27-18(3)20-9-16-24(34-6-2)25(17-20)32-4/h7-18,28H,5-6H2,1-4H3,(H,27,29). The molecule has 0 spiro atoms. The van der Waals surface area contributed by atoms with E-state index in [-0.39, 0.29) is 16.8 Å². The molecule has 0 aliphatic rings. The van der Waals surface area contributed by atoms with E-state index in [9.17, 15) is 13.2 Å². The van der Waals surface area contributed by atoms with Crippen molar-refractivity contribution in [2.75, 3.05) is 25.0 Å². The summed E-state index contributed by atoms with van der Waals surface area (Å²) in [7, 11) is -2.25. The van der Waals surface area contributed by atoms with Crippen LogP contribution in [-0.4, -0.2) is 34.6 Å². The molecule has 0 fully saturated rings. The maximum absolute atomic E-state index is 12.7. The van der Waals surface area contributed by atoms with E-state index < -0.39 is 10.0 Å². The Hall–Kier alpha value is -3.72. The fraction of sp³-hybridized carbons (Fsp3) is 0.269. The van der Waals surface area contributed by atoms with Gasteiger partial charge in [0.15, 0.2) is 11.5 Å². The number of amides is 1. The molecule has 0 saturated heterocycles. The molecule has 0 aliphatic heterocycles. The van der Waals surface area contributed by atoms with Gasteiger partial charge in [-0.15, -0.1) is 0 Å². The number of carbonyl (C=O) groups is 1. The predicted octanol–water partition coefficient (Wildman–Crippen LogP) is 4.78. The van der Waals surface area contributed by atoms with Gasteiger partial charge >= 0.3 is 0 Å². The van der Waals surface area contributed by atoms with Gasteiger partial charge in [-0.1, -0.05) is 6.07 Å². The molecule has 0 bridgehead atoms. The normalized spacial score (nSPS) is 11.9. The van der Waals surface area contributed by atoms with Gasteiger partial charge < -0.3 is 19.5 Å². The topological polar surface area (TPSA) is 103 Å². The van der Waals surface area contributed by atoms with Crippen LogP contribution in [0, 0.1) is 0 Å². The molecule has 1 unspecified atom stereocenters. The second kappa shape index (κ2) is 11.6. The molecule has 2 N–H and O–H groups in total. The Bertz CT molecular complexity index is 1240. The molecule has 186 valence electrons. The number of benzene rings is 3. The third-order valence-electron chi connectivity index (χ3n) is 5.18. The molecule has 1 atom stereocenters. The number of methoxy groups -OCH3 is 1. The summed E-state index contributed by atoms with van der Waals surface area (Å²) in [6.07, 6.45) is 0. The average Bonchev–Trinajstić information content (AvgIpc) is 2.85. The van der Waals surface area contributed by atoms with Crippen LogP contribution < -0.4 is 24.2 Å². The number of hydrogen-bond acceptors (Lipinski definition) is 6. The van der Waals surface area contributed by atoms with Gasteiger partial charge in [0, 0.05) is 11.3 Å². The quantitative estimate of drug-likeness (QED) is 0.394. The number of rotatable bonds is 11. The fourth-order valence-electron chi connectivity index (χ4n) is 3.38. The van der Waals surface area contributed by atoms with Crippen molar-refractivity contribution in [2.24, 2.45) is 0 Å². The van der Waals surface area contributed by atoms with E-state index in [1.807, 2.05) is 32.9 Å². The first kappa shape index (κ1) is 25.9. The van der Waals surface area contributed by atoms with Crippen LogP contribution in [0.15, 0.2) is 71.6 Å². The van der Waals surface area contributed by atoms with Crippen LogP contribution >= 0.6 is 0 Å². The molecule has 1 amide bonds. The van der Waals surface area contributed by atoms with E-state index in [0.717, 1.165) is 5.56 Å². The summed E-state index contributed by atoms with van der Waals surface area (Å²) >= 11 is 0. The zero-order chi connectivity index (χ0) is 25.4. The van der Waals surface area contributed by atoms with Crippen molar-refractivity contribution in [1.29, 1.82) is 0 Å². The zero-order valence-electron chi connectivity index (χ0n) is 20.2. The molecule has 0 radical (unpaired) electrons. The highest BCUT2D eigenvalue weighted by molar-refractivity contribution is 7.92. The summed E-state index contributed by atoms with van der Waals surface area (Å²) in [5.74, 6) is 1.55. The van der Waals surface area contributed by atoms with Crippen molar-refractivity contribution in [3.05, 3.63) is 77.9 Å². The van der Waals surface area contributed by atoms with Crippen molar-refractivity contribution in [3.63, 3.8) is 0 Å². The van der Waals surface area contributed by atoms with Crippen molar-refractivity contribution in [3.8, 4) is 17.2 Å². The molecule has 0 heterocycles. The Balaban J connectivity index is 1.67. The number of ether oxygens (including phenoxy) is 3. The second-order valence-electron chi connectivity index (χ2n) is 7.63. The maximum atomic E-state index is 12.7. The van der Waals surface area contributed by atoms with Crippen LogP contribution in [-0.2, 0) is 10.0 Å². The summed E-state index contributed by atoms with van der Waals surface area (Å²) in [6, 6.07) is 17.6. The number of anilines is 1. The Morgan fingerprint density at radius 2 is 1.54 bits per heavy atom. The Kier molecular flexibility index (Phi) is 8.59. The first-order valence-corrected chi connectivity index (χ1v) is 12.7. The summed E-state index contributed by atoms with van der Waals surface area (Å²) in [5.41, 5.74) is 1.60. The van der Waals surface area contributed by atoms with E-state index in [2.05, 4.69) is 10.0 Å². The lowest BCUT2D eigenvalue weighted by atomic mass is 10.1. The van der Waals surface area contributed by atoms with Gasteiger partial charge in [0.05, 0.1) is 31.3 Å². The number of carbonyl (C=O) groups excluding carboxylic acids is 1. The highest BCUT2D eigenvalue weighted by atomic mass is 32.2. The van der Waals surface area contributed by atoms with Gasteiger partial charge in [-0.2, -0.15) is 0 Å². The largest absolute Gasteiger partial charge is 0.494 e. The van der Waals surface area contributed by atoms with Gasteiger partial charge in [-0.25, -0.2) is 8.42 Å². The Morgan fingerprint density at radius 1 is 0.886 bits per heavy atom. The van der Waals surface area contributed by atoms with Gasteiger partial charge in [0.2, 0.25) is 0 Å². The first-order chi connectivity index (χ1) is 16.8. The highest BCUT2D eigenvalue weighted by Gasteiger charge is 2.17. The third kappa shape index (κ3) is 6.66. The minimum atomic E-state index is -3.81. The molecular weight excluding hydrogens is 468 g/mol. The molecule has 3 aromatic rings. The lowest BCUT2D eigenvalue weighted by molar-refractivity contribution is 0.0939. The summed E-state index contributed by atoms with van der Waals surface area (Å²) in [5, 5.41) is 2.92. The third-order valence-corrected chi connectivity index (χ3v) is 6.58. The van der Waals surface area contributed by atoms with Gasteiger partial charge in [-0.05, 0) is 87.0 Å². The minimum absolute atomic E-state index is 0.0484. The Morgan fingerprint density at radius 3 is 2.14 bits per heavy atom. The SMILES string of the molecule is CCOc1ccc(NS(=O)(=O)c2ccc(C(=O)NC(C)c3ccc(OCC)c(OC)c3)cc2)cc1. The van der Waals surface area contributed by atoms with E-state index in [4.69, 9.17) is 14.2 Å². The van der Waals surface area contributed by atoms with Crippen LogP contribution in [0.4, 0.5) is 5.69 Å². The zero-order valence-corrected chi connectivity index (χ0v) is 21.0. The molecule has 0 saturated carbocycles. The smallest absolute Gasteiger partial charge is 0.261 e. The van der Waals surface area contributed by atoms with Crippen LogP contribution in [0.5, 0.6) is 17.2 Å². The molecule has 35 heavy (non-hydrogen) atoms. The first-order valence-electron chi connectivity index (χ1n) is 11.2. The van der Waals surface area contributed by atoms with E-state index in [1.165, 1.54) is 24.3 Å². The number of nitrogens with one attached hydrogen (secondary N) is 2. The molecule has 0 aliphatic carbocycles. The van der Waals surface area contributed by atoms with E-state index in [0.29, 0.717) is 41.7 Å². The van der Waals surface area contributed by atoms with Crippen molar-refractivity contribution >= 4 is 21.6 Å². The van der Waals surface area contributed by atoms with Crippen LogP contribution in [0.3, 0.4) is 0 Å². The van der Waals surface area contributed by atoms with Crippen molar-refractivity contribution < 1.29 is 27.4 Å². The van der Waals surface area contributed by atoms with Gasteiger partial charge in [0.25, 0.3) is 15.9 Å². The summed E-state index contributed by atoms with van der Waals surface area (Å²) in [6.45, 7) is 6.66. The monoisotopic (exact) mass is 498 g/mol. The van der Waals surface area contributed by atoms with Crippen LogP contribution in [0.25, 0.3) is 0 Å². The number of hydrogen-bond donors (Lipinski definition) is 2. The average molecular weight is 499 g/mol. The van der Waals surface area contributed by atoms with Gasteiger partial charge in [0.1, 0.15) is 5.75 Å². The second-order valence-corrected chi connectivity index (χ2v) is 9.31. The van der Waals surface area contributed by atoms with Crippen molar-refractivity contribution in [2.45, 2.75) is 31.7 Å². The summed E-state index contributed by atoms with van der Waals surface area (Å²) in [4.78, 5) is 12.8. The van der Waals surface area contributed by atoms with Crippen molar-refractivity contribution in [1.82, 2.24) is 5.32 Å². The molecular formula is C26H30N2O6S. The number of sulfonamides is 1. The molecule has 3 aromatic carbocycles. The fourth-order valence-corrected chi connectivity index (χ4v) is 4.44. The molecule has 9 heteroatoms. The van der Waals surface area contributed by atoms with Gasteiger partial charge in [-0.3, -0.25) is 9.52 Å². The summed E-state index contributed by atoms with van der Waals surface area (Å²) < 4.78 is 44.3. The van der Waals surface area contributed by atoms with E-state index in [1.54, 1.807) is 37.4 Å². The lowest BCUT2D eigenvalue weighted by Gasteiger charge is -2.17. The molecule has 3 rings (SSSR count). The minimum Gasteiger partial charge on any atom is -0.494 e. The molecule has 0 aromatic heterocycles. The van der Waals surface area contributed by atoms with E-state index >= 15 is 0 Å². The van der Waals surface area contributed by atoms with Crippen LogP contribution in [0.1, 0.15) is 42.7 Å². The lowest BCUT2D eigenvalue weighted by Crippen LogP contribution is -2.26.